The zero-order valence-corrected chi connectivity index (χ0v) is 23.3. The maximum Gasteiger partial charge on any atom is 0.349 e. The van der Waals surface area contributed by atoms with Crippen molar-refractivity contribution in [3.63, 3.8) is 0 Å². The number of aliphatic hydroxyl groups is 1. The first-order valence-electron chi connectivity index (χ1n) is 12.9. The summed E-state index contributed by atoms with van der Waals surface area (Å²) in [7, 11) is 3.14. The summed E-state index contributed by atoms with van der Waals surface area (Å²) in [5.41, 5.74) is 0.745. The molecule has 210 valence electrons. The molecule has 5 rings (SSSR count). The van der Waals surface area contributed by atoms with E-state index in [0.29, 0.717) is 22.1 Å². The number of aliphatic hydroxyl groups excluding tert-OH is 1. The van der Waals surface area contributed by atoms with E-state index in [1.165, 1.54) is 27.6 Å². The Morgan fingerprint density at radius 3 is 2.44 bits per heavy atom. The maximum atomic E-state index is 15.3. The summed E-state index contributed by atoms with van der Waals surface area (Å²) in [6, 6.07) is 11.3. The molecule has 0 unspecified atom stereocenters. The van der Waals surface area contributed by atoms with Gasteiger partial charge < -0.3 is 19.6 Å². The lowest BCUT2D eigenvalue weighted by Gasteiger charge is -2.20. The Balaban J connectivity index is 1.65. The van der Waals surface area contributed by atoms with E-state index in [2.05, 4.69) is 15.4 Å². The van der Waals surface area contributed by atoms with Crippen LogP contribution in [0.3, 0.4) is 0 Å². The number of hydrogen-bond acceptors (Lipinski definition) is 7. The second kappa shape index (κ2) is 10.3. The van der Waals surface area contributed by atoms with E-state index in [0.717, 1.165) is 10.2 Å². The highest BCUT2D eigenvalue weighted by Gasteiger charge is 2.21. The Morgan fingerprint density at radius 1 is 1.00 bits per heavy atom. The molecule has 0 bridgehead atoms. The van der Waals surface area contributed by atoms with E-state index < -0.39 is 23.7 Å². The molecule has 0 aliphatic heterocycles. The number of nitrogens with one attached hydrogen (secondary N) is 1. The monoisotopic (exact) mass is 556 g/mol. The molecule has 0 saturated heterocycles. The van der Waals surface area contributed by atoms with Gasteiger partial charge in [-0.05, 0) is 46.9 Å². The van der Waals surface area contributed by atoms with Crippen molar-refractivity contribution in [3.8, 4) is 16.8 Å². The van der Waals surface area contributed by atoms with Crippen LogP contribution >= 0.6 is 0 Å². The van der Waals surface area contributed by atoms with Crippen LogP contribution in [0.4, 0.5) is 15.9 Å². The minimum absolute atomic E-state index is 0.0996. The van der Waals surface area contributed by atoms with Crippen LogP contribution in [0.5, 0.6) is 0 Å². The van der Waals surface area contributed by atoms with Gasteiger partial charge in [-0.2, -0.15) is 14.8 Å². The van der Waals surface area contributed by atoms with Gasteiger partial charge in [-0.3, -0.25) is 9.59 Å². The summed E-state index contributed by atoms with van der Waals surface area (Å²) in [5, 5.41) is 17.9. The molecule has 0 aliphatic rings. The Labute approximate surface area is 234 Å². The molecule has 0 spiro atoms. The summed E-state index contributed by atoms with van der Waals surface area (Å²) >= 11 is 0. The summed E-state index contributed by atoms with van der Waals surface area (Å²) in [6.45, 7) is 5.40. The van der Waals surface area contributed by atoms with Gasteiger partial charge in [0.2, 0.25) is 0 Å². The molecule has 3 heterocycles. The van der Waals surface area contributed by atoms with Crippen LogP contribution in [0, 0.1) is 5.82 Å². The van der Waals surface area contributed by atoms with Crippen molar-refractivity contribution in [3.05, 3.63) is 109 Å². The van der Waals surface area contributed by atoms with Crippen molar-refractivity contribution in [1.29, 1.82) is 0 Å². The summed E-state index contributed by atoms with van der Waals surface area (Å²) in [5.74, 6) is -0.449. The van der Waals surface area contributed by atoms with Crippen LogP contribution in [0.25, 0.3) is 27.6 Å². The number of aromatic nitrogens is 5. The van der Waals surface area contributed by atoms with Crippen LogP contribution in [0.15, 0.2) is 75.4 Å². The van der Waals surface area contributed by atoms with Crippen LogP contribution in [-0.4, -0.2) is 29.0 Å². The largest absolute Gasteiger partial charge is 0.392 e. The molecule has 0 saturated carbocycles. The fourth-order valence-electron chi connectivity index (χ4n) is 4.67. The quantitative estimate of drug-likeness (QED) is 0.340. The zero-order chi connectivity index (χ0) is 29.6. The third-order valence-corrected chi connectivity index (χ3v) is 6.97. The highest BCUT2D eigenvalue weighted by atomic mass is 19.1. The van der Waals surface area contributed by atoms with Gasteiger partial charge in [-0.25, -0.2) is 9.18 Å². The molecule has 2 aromatic carbocycles. The van der Waals surface area contributed by atoms with Crippen molar-refractivity contribution >= 4 is 22.3 Å². The number of pyridine rings is 1. The summed E-state index contributed by atoms with van der Waals surface area (Å²) in [6.07, 6.45) is 4.56. The molecule has 5 aromatic rings. The van der Waals surface area contributed by atoms with Crippen LogP contribution < -0.4 is 22.1 Å². The van der Waals surface area contributed by atoms with Gasteiger partial charge in [0.05, 0.1) is 23.9 Å². The topological polar surface area (TPSA) is 124 Å². The van der Waals surface area contributed by atoms with Gasteiger partial charge in [-0.1, -0.05) is 32.9 Å². The fraction of sp³-hybridized carbons (Fsp3) is 0.233. The molecule has 0 radical (unpaired) electrons. The zero-order valence-electron chi connectivity index (χ0n) is 23.3. The predicted octanol–water partition coefficient (Wildman–Crippen LogP) is 3.52. The maximum absolute atomic E-state index is 15.3. The van der Waals surface area contributed by atoms with Gasteiger partial charge in [0.1, 0.15) is 17.3 Å². The lowest BCUT2D eigenvalue weighted by Crippen LogP contribution is -2.24. The third-order valence-electron chi connectivity index (χ3n) is 6.97. The number of anilines is 2. The van der Waals surface area contributed by atoms with E-state index in [1.54, 1.807) is 56.7 Å². The molecule has 11 heteroatoms. The van der Waals surface area contributed by atoms with E-state index in [-0.39, 0.29) is 33.6 Å². The van der Waals surface area contributed by atoms with Crippen molar-refractivity contribution in [2.24, 2.45) is 14.1 Å². The van der Waals surface area contributed by atoms with Gasteiger partial charge in [-0.15, -0.1) is 0 Å². The van der Waals surface area contributed by atoms with Crippen LogP contribution in [0.2, 0.25) is 0 Å². The van der Waals surface area contributed by atoms with Crippen molar-refractivity contribution in [2.75, 3.05) is 5.32 Å². The highest BCUT2D eigenvalue weighted by Crippen LogP contribution is 2.30. The molecule has 0 aliphatic carbocycles. The Hall–Kier alpha value is -4.90. The van der Waals surface area contributed by atoms with Gasteiger partial charge >= 0.3 is 5.69 Å². The van der Waals surface area contributed by atoms with E-state index in [1.807, 2.05) is 20.8 Å². The molecule has 2 N–H and O–H groups in total. The first-order chi connectivity index (χ1) is 19.4. The third kappa shape index (κ3) is 5.07. The minimum atomic E-state index is -0.660. The first-order valence-corrected chi connectivity index (χ1v) is 12.9. The van der Waals surface area contributed by atoms with E-state index in [9.17, 15) is 19.5 Å². The standard InChI is InChI=1S/C30H29FN6O4/c1-30(2,3)19-11-17-14-32-37(28(40)26(17)22(31)13-19)24-8-6-7-20(21(24)16-38)18-12-23(27(39)36(5)15-18)33-25-9-10-35(4)29(41)34-25/h6-15,38H,16H2,1-5H3,(H,33,34,41). The number of nitrogens with zero attached hydrogens (tertiary/aromatic N) is 5. The lowest BCUT2D eigenvalue weighted by molar-refractivity contribution is 0.282. The predicted molar refractivity (Wildman–Crippen MR) is 155 cm³/mol. The Morgan fingerprint density at radius 2 is 1.76 bits per heavy atom. The second-order valence-corrected chi connectivity index (χ2v) is 10.9. The molecule has 3 aromatic heterocycles. The fourth-order valence-corrected chi connectivity index (χ4v) is 4.67. The SMILES string of the molecule is Cn1ccc(Nc2cc(-c3cccc(-n4ncc5cc(C(C)(C)C)cc(F)c5c4=O)c3CO)cn(C)c2=O)nc1=O. The van der Waals surface area contributed by atoms with Crippen molar-refractivity contribution < 1.29 is 9.50 Å². The minimum Gasteiger partial charge on any atom is -0.392 e. The highest BCUT2D eigenvalue weighted by molar-refractivity contribution is 5.83. The van der Waals surface area contributed by atoms with E-state index in [4.69, 9.17) is 0 Å². The summed E-state index contributed by atoms with van der Waals surface area (Å²) in [4.78, 5) is 42.3. The van der Waals surface area contributed by atoms with Gasteiger partial charge in [0.15, 0.2) is 0 Å². The average Bonchev–Trinajstić information content (AvgIpc) is 2.92. The van der Waals surface area contributed by atoms with Crippen molar-refractivity contribution in [1.82, 2.24) is 23.9 Å². The second-order valence-electron chi connectivity index (χ2n) is 10.9. The first kappa shape index (κ1) is 27.7. The summed E-state index contributed by atoms with van der Waals surface area (Å²) < 4.78 is 19.0. The molecular weight excluding hydrogens is 527 g/mol. The average molecular weight is 557 g/mol. The van der Waals surface area contributed by atoms with Gasteiger partial charge in [0, 0.05) is 43.0 Å². The number of aryl methyl sites for hydroxylation is 2. The molecule has 0 amide bonds. The number of benzene rings is 2. The Kier molecular flexibility index (Phi) is 6.92. The number of rotatable bonds is 5. The molecule has 10 nitrogen and oxygen atoms in total. The molecular formula is C30H29FN6O4. The number of hydrogen-bond donors (Lipinski definition) is 2. The smallest absolute Gasteiger partial charge is 0.349 e. The van der Waals surface area contributed by atoms with E-state index >= 15 is 4.39 Å². The lowest BCUT2D eigenvalue weighted by atomic mass is 9.86. The number of halogens is 1. The molecule has 0 atom stereocenters. The molecule has 41 heavy (non-hydrogen) atoms. The number of fused-ring (bicyclic) bond motifs is 1. The van der Waals surface area contributed by atoms with Crippen LogP contribution in [-0.2, 0) is 26.1 Å². The normalized spacial score (nSPS) is 11.7. The van der Waals surface area contributed by atoms with Crippen molar-refractivity contribution in [2.45, 2.75) is 32.8 Å². The Bertz CT molecular complexity index is 2000. The van der Waals surface area contributed by atoms with Gasteiger partial charge in [0.25, 0.3) is 11.1 Å². The van der Waals surface area contributed by atoms with Crippen LogP contribution in [0.1, 0.15) is 31.9 Å². The molecule has 0 fully saturated rings.